The van der Waals surface area contributed by atoms with Crippen molar-refractivity contribution < 1.29 is 34.6 Å². The van der Waals surface area contributed by atoms with E-state index in [1.54, 1.807) is 0 Å². The summed E-state index contributed by atoms with van der Waals surface area (Å²) in [5.41, 5.74) is 0. The van der Waals surface area contributed by atoms with E-state index in [1.807, 2.05) is 0 Å². The number of rotatable bonds is 0. The molecule has 4 nitrogen and oxygen atoms in total. The predicted octanol–water partition coefficient (Wildman–Crippen LogP) is -1.72. The van der Waals surface area contributed by atoms with E-state index in [4.69, 9.17) is 17.5 Å². The van der Waals surface area contributed by atoms with Gasteiger partial charge in [0.25, 0.3) is 0 Å². The summed E-state index contributed by atoms with van der Waals surface area (Å²) in [4.78, 5) is 0. The van der Waals surface area contributed by atoms with Gasteiger partial charge < -0.3 is 9.11 Å². The molecule has 0 rings (SSSR count). The van der Waals surface area contributed by atoms with Crippen LogP contribution in [0.5, 0.6) is 0 Å². The zero-order valence-electron chi connectivity index (χ0n) is 3.39. The van der Waals surface area contributed by atoms with E-state index < -0.39 is 10.4 Å². The Bertz CT molecular complexity index is 94.9. The molecule has 1 radical (unpaired) electrons. The van der Waals surface area contributed by atoms with Crippen molar-refractivity contribution in [2.75, 3.05) is 0 Å². The third-order valence-electron chi connectivity index (χ3n) is 0. The second-order valence-corrected chi connectivity index (χ2v) is 1.22. The van der Waals surface area contributed by atoms with Crippen LogP contribution in [0.4, 0.5) is 0 Å². The fourth-order valence-electron chi connectivity index (χ4n) is 0. The van der Waals surface area contributed by atoms with Gasteiger partial charge in [-0.15, -0.1) is 0 Å². The van der Waals surface area contributed by atoms with Crippen LogP contribution in [0.2, 0.25) is 0 Å². The van der Waals surface area contributed by atoms with Gasteiger partial charge in [0.2, 0.25) is 0 Å². The molecular formula is FeLiO4S. The van der Waals surface area contributed by atoms with Crippen LogP contribution in [0.1, 0.15) is 0 Å². The normalized spacial score (nSPS) is 8.29. The van der Waals surface area contributed by atoms with Crippen LogP contribution in [0.25, 0.3) is 0 Å². The summed E-state index contributed by atoms with van der Waals surface area (Å²) >= 11 is 0. The van der Waals surface area contributed by atoms with Crippen molar-refractivity contribution in [3.63, 3.8) is 0 Å². The monoisotopic (exact) mass is 159 g/mol. The van der Waals surface area contributed by atoms with Gasteiger partial charge in [0.05, 0.1) is 0 Å². The minimum absolute atomic E-state index is 0. The van der Waals surface area contributed by atoms with Gasteiger partial charge in [-0.1, -0.05) is 0 Å². The second kappa shape index (κ2) is 5.13. The van der Waals surface area contributed by atoms with Gasteiger partial charge in [-0.25, -0.2) is 0 Å². The fourth-order valence-corrected chi connectivity index (χ4v) is 0. The minimum atomic E-state index is -5.17. The third-order valence-corrected chi connectivity index (χ3v) is 0. The average molecular weight is 159 g/mol. The Morgan fingerprint density at radius 3 is 1.14 bits per heavy atom. The van der Waals surface area contributed by atoms with Crippen LogP contribution in [0.3, 0.4) is 0 Å². The van der Waals surface area contributed by atoms with Crippen molar-refractivity contribution in [1.29, 1.82) is 0 Å². The van der Waals surface area contributed by atoms with Crippen LogP contribution >= 0.6 is 0 Å². The first kappa shape index (κ1) is 15.7. The second-order valence-electron chi connectivity index (χ2n) is 0.408. The van der Waals surface area contributed by atoms with E-state index in [0.29, 0.717) is 0 Å². The molecule has 7 heteroatoms. The summed E-state index contributed by atoms with van der Waals surface area (Å²) in [5, 5.41) is 0. The molecule has 0 aromatic heterocycles. The molecule has 0 aliphatic carbocycles. The molecule has 0 saturated heterocycles. The van der Waals surface area contributed by atoms with Crippen LogP contribution in [0.15, 0.2) is 0 Å². The fraction of sp³-hybridized carbons (Fsp3) is 0. The smallest absolute Gasteiger partial charge is 0.759 e. The first-order chi connectivity index (χ1) is 2.00. The Morgan fingerprint density at radius 1 is 1.14 bits per heavy atom. The Kier molecular flexibility index (Phi) is 11.5. The SMILES string of the molecule is O=S(=O)([O-])[O-].[Fe+2].[Li]. The molecule has 0 aromatic carbocycles. The van der Waals surface area contributed by atoms with Gasteiger partial charge in [0, 0.05) is 29.3 Å². The molecule has 39 valence electrons. The zero-order chi connectivity index (χ0) is 4.50. The van der Waals surface area contributed by atoms with Crippen molar-refractivity contribution in [3.8, 4) is 0 Å². The van der Waals surface area contributed by atoms with E-state index in [0.717, 1.165) is 0 Å². The first-order valence-corrected chi connectivity index (χ1v) is 2.00. The Hall–Kier alpha value is 0.987. The molecule has 0 atom stereocenters. The summed E-state index contributed by atoms with van der Waals surface area (Å²) in [5.74, 6) is 0. The molecule has 0 amide bonds. The van der Waals surface area contributed by atoms with Crippen molar-refractivity contribution in [2.24, 2.45) is 0 Å². The van der Waals surface area contributed by atoms with E-state index in [1.165, 1.54) is 0 Å². The van der Waals surface area contributed by atoms with Crippen LogP contribution in [0, 0.1) is 0 Å². The zero-order valence-corrected chi connectivity index (χ0v) is 5.32. The predicted molar refractivity (Wildman–Crippen MR) is 16.2 cm³/mol. The van der Waals surface area contributed by atoms with Crippen molar-refractivity contribution >= 4 is 29.3 Å². The van der Waals surface area contributed by atoms with E-state index in [9.17, 15) is 0 Å². The summed E-state index contributed by atoms with van der Waals surface area (Å²) in [6, 6.07) is 0. The Morgan fingerprint density at radius 2 is 1.14 bits per heavy atom. The number of hydrogen-bond donors (Lipinski definition) is 0. The molecule has 0 aromatic rings. The molecule has 0 aliphatic rings. The van der Waals surface area contributed by atoms with Crippen molar-refractivity contribution in [3.05, 3.63) is 0 Å². The van der Waals surface area contributed by atoms with Crippen molar-refractivity contribution in [1.82, 2.24) is 0 Å². The maximum Gasteiger partial charge on any atom is 2.00 e. The molecule has 0 unspecified atom stereocenters. The molecule has 0 saturated carbocycles. The van der Waals surface area contributed by atoms with Crippen LogP contribution < -0.4 is 0 Å². The van der Waals surface area contributed by atoms with Crippen LogP contribution in [-0.2, 0) is 27.5 Å². The molecule has 0 bridgehead atoms. The van der Waals surface area contributed by atoms with Gasteiger partial charge in [0.15, 0.2) is 0 Å². The standard InChI is InChI=1S/Fe.Li.H2O4S/c;;1-5(2,3)4/h;;(H2,1,2,3,4)/q+2;;/p-2. The Balaban J connectivity index is -0.0000000800. The summed E-state index contributed by atoms with van der Waals surface area (Å²) in [6.07, 6.45) is 0. The topological polar surface area (TPSA) is 80.3 Å². The summed E-state index contributed by atoms with van der Waals surface area (Å²) in [7, 11) is -5.17. The summed E-state index contributed by atoms with van der Waals surface area (Å²) < 4.78 is 34.1. The van der Waals surface area contributed by atoms with E-state index >= 15 is 0 Å². The van der Waals surface area contributed by atoms with Crippen molar-refractivity contribution in [2.45, 2.75) is 0 Å². The molecule has 0 N–H and O–H groups in total. The third kappa shape index (κ3) is 178. The molecular weight excluding hydrogens is 159 g/mol. The minimum Gasteiger partial charge on any atom is -0.759 e. The van der Waals surface area contributed by atoms with Gasteiger partial charge in [0.1, 0.15) is 0 Å². The molecule has 0 fully saturated rings. The number of hydrogen-bond acceptors (Lipinski definition) is 4. The molecule has 7 heavy (non-hydrogen) atoms. The van der Waals surface area contributed by atoms with E-state index in [-0.39, 0.29) is 35.9 Å². The first-order valence-electron chi connectivity index (χ1n) is 0.667. The average Bonchev–Trinajstić information content (AvgIpc) is 0.722. The van der Waals surface area contributed by atoms with Gasteiger partial charge in [-0.3, -0.25) is 8.42 Å². The Labute approximate surface area is 63.9 Å². The molecule has 0 spiro atoms. The van der Waals surface area contributed by atoms with Crippen LogP contribution in [-0.4, -0.2) is 36.4 Å². The maximum atomic E-state index is 8.52. The van der Waals surface area contributed by atoms with Gasteiger partial charge in [-0.2, -0.15) is 0 Å². The molecule has 0 aliphatic heterocycles. The van der Waals surface area contributed by atoms with E-state index in [2.05, 4.69) is 0 Å². The van der Waals surface area contributed by atoms with Gasteiger partial charge in [-0.05, 0) is 0 Å². The van der Waals surface area contributed by atoms with Gasteiger partial charge >= 0.3 is 17.1 Å². The molecule has 0 heterocycles. The largest absolute Gasteiger partial charge is 2.00 e. The quantitative estimate of drug-likeness (QED) is 0.239. The maximum absolute atomic E-state index is 8.52. The summed E-state index contributed by atoms with van der Waals surface area (Å²) in [6.45, 7) is 0.